The summed E-state index contributed by atoms with van der Waals surface area (Å²) in [7, 11) is 0. The number of hydrogen-bond donors (Lipinski definition) is 4. The molecule has 8 heteroatoms. The third-order valence-electron chi connectivity index (χ3n) is 3.72. The Morgan fingerprint density at radius 1 is 0.821 bits per heavy atom. The quantitative estimate of drug-likeness (QED) is 0.438. The van der Waals surface area contributed by atoms with Crippen molar-refractivity contribution in [3.63, 3.8) is 0 Å². The van der Waals surface area contributed by atoms with Gasteiger partial charge in [-0.3, -0.25) is 0 Å². The molecule has 2 aromatic rings. The molecule has 0 aliphatic carbocycles. The van der Waals surface area contributed by atoms with Gasteiger partial charge in [0.2, 0.25) is 0 Å². The molecule has 28 heavy (non-hydrogen) atoms. The van der Waals surface area contributed by atoms with Crippen LogP contribution in [0.3, 0.4) is 0 Å². The maximum Gasteiger partial charge on any atom is 0.345 e. The summed E-state index contributed by atoms with van der Waals surface area (Å²) in [4.78, 5) is 23.6. The summed E-state index contributed by atoms with van der Waals surface area (Å²) in [5, 5.41) is 40.1. The smallest absolute Gasteiger partial charge is 0.345 e. The molecular weight excluding hydrogens is 368 g/mol. The van der Waals surface area contributed by atoms with E-state index in [9.17, 15) is 30.0 Å². The van der Waals surface area contributed by atoms with Crippen LogP contribution in [0.5, 0.6) is 23.0 Å². The molecular formula is C20H20O8. The van der Waals surface area contributed by atoms with Crippen LogP contribution in [0.4, 0.5) is 0 Å². The minimum atomic E-state index is -0.873. The van der Waals surface area contributed by atoms with Gasteiger partial charge in [0.05, 0.1) is 13.2 Å². The van der Waals surface area contributed by atoms with Gasteiger partial charge in [0, 0.05) is 5.56 Å². The summed E-state index contributed by atoms with van der Waals surface area (Å²) in [5.74, 6) is -3.58. The Hall–Kier alpha value is -3.68. The molecule has 0 aliphatic heterocycles. The van der Waals surface area contributed by atoms with E-state index in [0.717, 1.165) is 0 Å². The summed E-state index contributed by atoms with van der Waals surface area (Å²) in [6.07, 6.45) is 2.82. The molecule has 148 valence electrons. The number of benzene rings is 2. The Bertz CT molecular complexity index is 907. The lowest BCUT2D eigenvalue weighted by Crippen LogP contribution is -2.06. The van der Waals surface area contributed by atoms with E-state index in [-0.39, 0.29) is 29.9 Å². The fourth-order valence-electron chi connectivity index (χ4n) is 2.46. The molecule has 0 heterocycles. The minimum Gasteiger partial charge on any atom is -0.507 e. The number of carbonyl (C=O) groups is 2. The lowest BCUT2D eigenvalue weighted by molar-refractivity contribution is 0.0509. The SMILES string of the molecule is CCOC(=O)c1c(O)cc(/C=C/c2ccc(O)c(C(=O)OCC)c2O)cc1O. The van der Waals surface area contributed by atoms with Crippen molar-refractivity contribution in [2.45, 2.75) is 13.8 Å². The fourth-order valence-corrected chi connectivity index (χ4v) is 2.46. The van der Waals surface area contributed by atoms with E-state index in [1.165, 1.54) is 36.4 Å². The molecule has 4 N–H and O–H groups in total. The fraction of sp³-hybridized carbons (Fsp3) is 0.200. The summed E-state index contributed by atoms with van der Waals surface area (Å²) in [6, 6.07) is 5.05. The van der Waals surface area contributed by atoms with Gasteiger partial charge in [-0.05, 0) is 43.7 Å². The van der Waals surface area contributed by atoms with E-state index >= 15 is 0 Å². The highest BCUT2D eigenvalue weighted by Crippen LogP contribution is 2.34. The first-order chi connectivity index (χ1) is 13.3. The lowest BCUT2D eigenvalue weighted by atomic mass is 10.0. The van der Waals surface area contributed by atoms with Crippen LogP contribution in [0.1, 0.15) is 45.7 Å². The van der Waals surface area contributed by atoms with Gasteiger partial charge in [0.1, 0.15) is 34.1 Å². The van der Waals surface area contributed by atoms with Crippen LogP contribution in [0.25, 0.3) is 12.2 Å². The molecule has 0 spiro atoms. The predicted molar refractivity (Wildman–Crippen MR) is 100 cm³/mol. The van der Waals surface area contributed by atoms with Crippen molar-refractivity contribution in [3.8, 4) is 23.0 Å². The van der Waals surface area contributed by atoms with Crippen LogP contribution in [-0.4, -0.2) is 45.6 Å². The van der Waals surface area contributed by atoms with Crippen LogP contribution in [0, 0.1) is 0 Å². The number of hydrogen-bond acceptors (Lipinski definition) is 8. The van der Waals surface area contributed by atoms with Crippen LogP contribution in [0.15, 0.2) is 24.3 Å². The predicted octanol–water partition coefficient (Wildman–Crippen LogP) is 3.03. The van der Waals surface area contributed by atoms with Crippen molar-refractivity contribution in [1.82, 2.24) is 0 Å². The minimum absolute atomic E-state index is 0.0726. The van der Waals surface area contributed by atoms with E-state index in [2.05, 4.69) is 0 Å². The van der Waals surface area contributed by atoms with E-state index in [1.54, 1.807) is 13.8 Å². The van der Waals surface area contributed by atoms with Gasteiger partial charge < -0.3 is 29.9 Å². The maximum atomic E-state index is 11.9. The largest absolute Gasteiger partial charge is 0.507 e. The Morgan fingerprint density at radius 2 is 1.36 bits per heavy atom. The highest BCUT2D eigenvalue weighted by atomic mass is 16.5. The first-order valence-corrected chi connectivity index (χ1v) is 8.43. The maximum absolute atomic E-state index is 11.9. The lowest BCUT2D eigenvalue weighted by Gasteiger charge is -2.09. The first-order valence-electron chi connectivity index (χ1n) is 8.43. The average Bonchev–Trinajstić information content (AvgIpc) is 2.61. The second-order valence-electron chi connectivity index (χ2n) is 5.61. The number of esters is 2. The Balaban J connectivity index is 2.38. The molecule has 0 aliphatic rings. The molecule has 2 rings (SSSR count). The number of ether oxygens (including phenoxy) is 2. The molecule has 0 atom stereocenters. The van der Waals surface area contributed by atoms with Gasteiger partial charge in [-0.15, -0.1) is 0 Å². The zero-order valence-electron chi connectivity index (χ0n) is 15.3. The van der Waals surface area contributed by atoms with Gasteiger partial charge >= 0.3 is 11.9 Å². The van der Waals surface area contributed by atoms with Gasteiger partial charge in [0.15, 0.2) is 0 Å². The standard InChI is InChI=1S/C20H20O8/c1-3-27-19(25)16-14(22)9-11(10-15(16)23)5-6-12-7-8-13(21)17(18(12)24)20(26)28-4-2/h5-10,21-24H,3-4H2,1-2H3/b6-5+. The van der Waals surface area contributed by atoms with E-state index in [1.807, 2.05) is 0 Å². The molecule has 0 unspecified atom stereocenters. The molecule has 0 amide bonds. The number of rotatable bonds is 6. The number of aromatic hydroxyl groups is 4. The van der Waals surface area contributed by atoms with Crippen LogP contribution in [0.2, 0.25) is 0 Å². The summed E-state index contributed by atoms with van der Waals surface area (Å²) in [6.45, 7) is 3.35. The molecule has 0 saturated carbocycles. The zero-order valence-corrected chi connectivity index (χ0v) is 15.3. The average molecular weight is 388 g/mol. The van der Waals surface area contributed by atoms with Crippen molar-refractivity contribution in [1.29, 1.82) is 0 Å². The van der Waals surface area contributed by atoms with E-state index in [0.29, 0.717) is 5.56 Å². The summed E-state index contributed by atoms with van der Waals surface area (Å²) >= 11 is 0. The highest BCUT2D eigenvalue weighted by Gasteiger charge is 2.20. The van der Waals surface area contributed by atoms with Crippen molar-refractivity contribution in [2.75, 3.05) is 13.2 Å². The molecule has 0 bridgehead atoms. The van der Waals surface area contributed by atoms with Crippen LogP contribution < -0.4 is 0 Å². The van der Waals surface area contributed by atoms with Crippen LogP contribution >= 0.6 is 0 Å². The molecule has 8 nitrogen and oxygen atoms in total. The summed E-state index contributed by atoms with van der Waals surface area (Å²) in [5.41, 5.74) is -0.217. The van der Waals surface area contributed by atoms with Crippen molar-refractivity contribution < 1.29 is 39.5 Å². The Morgan fingerprint density at radius 3 is 1.89 bits per heavy atom. The number of phenols is 4. The zero-order chi connectivity index (χ0) is 20.8. The molecule has 0 aromatic heterocycles. The molecule has 0 radical (unpaired) electrons. The molecule has 0 fully saturated rings. The normalized spacial score (nSPS) is 10.8. The summed E-state index contributed by atoms with van der Waals surface area (Å²) < 4.78 is 9.56. The van der Waals surface area contributed by atoms with Gasteiger partial charge in [0.25, 0.3) is 0 Å². The second kappa shape index (κ2) is 8.81. The first kappa shape index (κ1) is 20.6. The van der Waals surface area contributed by atoms with E-state index < -0.39 is 34.9 Å². The Kier molecular flexibility index (Phi) is 6.49. The molecule has 0 saturated heterocycles. The monoisotopic (exact) mass is 388 g/mol. The third kappa shape index (κ3) is 4.35. The van der Waals surface area contributed by atoms with Crippen molar-refractivity contribution in [3.05, 3.63) is 46.5 Å². The molecule has 2 aromatic carbocycles. The number of phenolic OH excluding ortho intramolecular Hbond substituents is 4. The van der Waals surface area contributed by atoms with Crippen molar-refractivity contribution in [2.24, 2.45) is 0 Å². The Labute approximate surface area is 160 Å². The van der Waals surface area contributed by atoms with Gasteiger partial charge in [-0.2, -0.15) is 0 Å². The third-order valence-corrected chi connectivity index (χ3v) is 3.72. The van der Waals surface area contributed by atoms with E-state index in [4.69, 9.17) is 9.47 Å². The van der Waals surface area contributed by atoms with Crippen LogP contribution in [-0.2, 0) is 9.47 Å². The second-order valence-corrected chi connectivity index (χ2v) is 5.61. The van der Waals surface area contributed by atoms with Gasteiger partial charge in [-0.25, -0.2) is 9.59 Å². The van der Waals surface area contributed by atoms with Crippen molar-refractivity contribution >= 4 is 24.1 Å². The topological polar surface area (TPSA) is 134 Å². The van der Waals surface area contributed by atoms with Gasteiger partial charge in [-0.1, -0.05) is 12.2 Å². The number of carbonyl (C=O) groups excluding carboxylic acids is 2. The highest BCUT2D eigenvalue weighted by molar-refractivity contribution is 5.98.